The minimum Gasteiger partial charge on any atom is -0.352 e. The maximum Gasteiger partial charge on any atom is 0.249 e. The normalized spacial score (nSPS) is 16.7. The summed E-state index contributed by atoms with van der Waals surface area (Å²) in [6, 6.07) is 0. The molecule has 0 heterocycles. The van der Waals surface area contributed by atoms with Gasteiger partial charge in [0, 0.05) is 30.5 Å². The van der Waals surface area contributed by atoms with E-state index in [1.54, 1.807) is 13.4 Å². The van der Waals surface area contributed by atoms with Crippen LogP contribution in [-0.4, -0.2) is 38.1 Å². The van der Waals surface area contributed by atoms with Gasteiger partial charge in [-0.1, -0.05) is 80.1 Å². The second-order valence-corrected chi connectivity index (χ2v) is 10.0. The number of aliphatic imine (C=N–C) groups is 2. The van der Waals surface area contributed by atoms with E-state index in [2.05, 4.69) is 54.2 Å². The van der Waals surface area contributed by atoms with Crippen LogP contribution in [0.4, 0.5) is 0 Å². The SMILES string of the molecule is C#CC(CCCCC)CN=CN/C(C(=NC)C(C)(C)C)=C(/C)C(=O)NCC1CCCCC1.CC. The average Bonchev–Trinajstić information content (AvgIpc) is 2.83. The molecule has 0 aromatic carbocycles. The monoisotopic (exact) mass is 472 g/mol. The lowest BCUT2D eigenvalue weighted by atomic mass is 9.86. The van der Waals surface area contributed by atoms with Gasteiger partial charge in [0.25, 0.3) is 0 Å². The van der Waals surface area contributed by atoms with E-state index in [1.165, 1.54) is 44.9 Å². The van der Waals surface area contributed by atoms with E-state index in [9.17, 15) is 4.79 Å². The number of amides is 1. The summed E-state index contributed by atoms with van der Waals surface area (Å²) in [5.41, 5.74) is 2.01. The van der Waals surface area contributed by atoms with Crippen LogP contribution in [0.3, 0.4) is 0 Å². The number of hydrogen-bond donors (Lipinski definition) is 2. The molecule has 194 valence electrons. The molecule has 0 radical (unpaired) electrons. The Labute approximate surface area is 210 Å². The zero-order chi connectivity index (χ0) is 26.0. The fraction of sp³-hybridized carbons (Fsp3) is 0.759. The van der Waals surface area contributed by atoms with Gasteiger partial charge in [-0.05, 0) is 32.1 Å². The van der Waals surface area contributed by atoms with Gasteiger partial charge in [0.2, 0.25) is 5.91 Å². The summed E-state index contributed by atoms with van der Waals surface area (Å²) in [4.78, 5) is 22.0. The molecule has 1 rings (SSSR count). The first-order chi connectivity index (χ1) is 16.2. The van der Waals surface area contributed by atoms with Crippen molar-refractivity contribution in [2.75, 3.05) is 20.1 Å². The first kappa shape index (κ1) is 31.9. The summed E-state index contributed by atoms with van der Waals surface area (Å²) in [6.45, 7) is 15.7. The van der Waals surface area contributed by atoms with Gasteiger partial charge in [0.15, 0.2) is 0 Å². The molecule has 1 atom stereocenters. The highest BCUT2D eigenvalue weighted by Gasteiger charge is 2.25. The first-order valence-electron chi connectivity index (χ1n) is 13.4. The van der Waals surface area contributed by atoms with Crippen LogP contribution < -0.4 is 10.6 Å². The smallest absolute Gasteiger partial charge is 0.249 e. The molecule has 0 aliphatic heterocycles. The Hall–Kier alpha value is -2.09. The van der Waals surface area contributed by atoms with Gasteiger partial charge in [-0.25, -0.2) is 0 Å². The molecule has 1 fully saturated rings. The van der Waals surface area contributed by atoms with Gasteiger partial charge in [-0.15, -0.1) is 12.3 Å². The Bertz CT molecular complexity index is 701. The van der Waals surface area contributed by atoms with Crippen molar-refractivity contribution in [2.24, 2.45) is 27.2 Å². The Morgan fingerprint density at radius 2 is 1.82 bits per heavy atom. The first-order valence-corrected chi connectivity index (χ1v) is 13.4. The van der Waals surface area contributed by atoms with Crippen LogP contribution in [0, 0.1) is 29.6 Å². The van der Waals surface area contributed by atoms with Gasteiger partial charge < -0.3 is 10.6 Å². The molecule has 0 saturated heterocycles. The van der Waals surface area contributed by atoms with Crippen molar-refractivity contribution in [3.05, 3.63) is 11.3 Å². The molecule has 0 bridgehead atoms. The van der Waals surface area contributed by atoms with Crippen molar-refractivity contribution in [3.63, 3.8) is 0 Å². The fourth-order valence-corrected chi connectivity index (χ4v) is 4.21. The third-order valence-corrected chi connectivity index (χ3v) is 6.18. The minimum atomic E-state index is -0.211. The van der Waals surface area contributed by atoms with Gasteiger partial charge in [-0.3, -0.25) is 14.8 Å². The predicted molar refractivity (Wildman–Crippen MR) is 149 cm³/mol. The van der Waals surface area contributed by atoms with E-state index < -0.39 is 0 Å². The Morgan fingerprint density at radius 3 is 2.35 bits per heavy atom. The molecule has 1 aliphatic carbocycles. The second-order valence-electron chi connectivity index (χ2n) is 10.0. The maximum atomic E-state index is 13.0. The van der Waals surface area contributed by atoms with Gasteiger partial charge in [0.05, 0.1) is 24.3 Å². The Morgan fingerprint density at radius 1 is 1.18 bits per heavy atom. The molecule has 1 amide bonds. The number of terminal acetylenes is 1. The van der Waals surface area contributed by atoms with Crippen LogP contribution in [-0.2, 0) is 4.79 Å². The van der Waals surface area contributed by atoms with Gasteiger partial charge in [0.1, 0.15) is 0 Å². The lowest BCUT2D eigenvalue weighted by molar-refractivity contribution is -0.117. The summed E-state index contributed by atoms with van der Waals surface area (Å²) < 4.78 is 0. The number of hydrogen-bond acceptors (Lipinski definition) is 3. The average molecular weight is 473 g/mol. The summed E-state index contributed by atoms with van der Waals surface area (Å²) in [6.07, 6.45) is 18.1. The number of rotatable bonds is 12. The largest absolute Gasteiger partial charge is 0.352 e. The standard InChI is InChI=1S/C27H46N4O.C2H6/c1-8-10-12-15-22(9-2)18-29-20-31-24(25(28-7)27(4,5)6)21(3)26(32)30-19-23-16-13-11-14-17-23;1-2/h2,20,22-23H,8,10-19H2,1,3-7H3,(H,29,31)(H,30,32);1-2H3/b24-21-,28-25?;. The highest BCUT2D eigenvalue weighted by Crippen LogP contribution is 2.24. The van der Waals surface area contributed by atoms with Crippen LogP contribution in [0.1, 0.15) is 106 Å². The molecule has 0 aromatic heterocycles. The molecule has 2 N–H and O–H groups in total. The van der Waals surface area contributed by atoms with Crippen LogP contribution in [0.25, 0.3) is 0 Å². The van der Waals surface area contributed by atoms with Gasteiger partial charge in [-0.2, -0.15) is 0 Å². The van der Waals surface area contributed by atoms with Gasteiger partial charge >= 0.3 is 0 Å². The van der Waals surface area contributed by atoms with Crippen molar-refractivity contribution in [1.82, 2.24) is 10.6 Å². The topological polar surface area (TPSA) is 65.8 Å². The fourth-order valence-electron chi connectivity index (χ4n) is 4.21. The van der Waals surface area contributed by atoms with Crippen LogP contribution in [0.5, 0.6) is 0 Å². The molecule has 0 spiro atoms. The third kappa shape index (κ3) is 12.4. The van der Waals surface area contributed by atoms with E-state index in [0.29, 0.717) is 18.0 Å². The Kier molecular flexibility index (Phi) is 17.1. The number of unbranched alkanes of at least 4 members (excludes halogenated alkanes) is 2. The van der Waals surface area contributed by atoms with Crippen molar-refractivity contribution in [2.45, 2.75) is 106 Å². The molecular formula is C29H52N4O. The van der Waals surface area contributed by atoms with Crippen LogP contribution >= 0.6 is 0 Å². The summed E-state index contributed by atoms with van der Waals surface area (Å²) in [5, 5.41) is 6.42. The highest BCUT2D eigenvalue weighted by atomic mass is 16.1. The molecular weight excluding hydrogens is 420 g/mol. The van der Waals surface area contributed by atoms with Crippen molar-refractivity contribution < 1.29 is 4.79 Å². The number of carbonyl (C=O) groups is 1. The van der Waals surface area contributed by atoms with Crippen molar-refractivity contribution in [1.29, 1.82) is 0 Å². The quantitative estimate of drug-likeness (QED) is 0.111. The van der Waals surface area contributed by atoms with Crippen molar-refractivity contribution >= 4 is 18.0 Å². The van der Waals surface area contributed by atoms with E-state index in [0.717, 1.165) is 30.8 Å². The van der Waals surface area contributed by atoms with E-state index in [1.807, 2.05) is 20.8 Å². The lowest BCUT2D eigenvalue weighted by Crippen LogP contribution is -2.36. The van der Waals surface area contributed by atoms with E-state index in [-0.39, 0.29) is 17.2 Å². The minimum absolute atomic E-state index is 0.0436. The molecule has 5 nitrogen and oxygen atoms in total. The lowest BCUT2D eigenvalue weighted by Gasteiger charge is -2.26. The number of nitrogens with zero attached hydrogens (tertiary/aromatic N) is 2. The van der Waals surface area contributed by atoms with Crippen LogP contribution in [0.15, 0.2) is 21.3 Å². The zero-order valence-corrected chi connectivity index (χ0v) is 23.4. The van der Waals surface area contributed by atoms with E-state index >= 15 is 0 Å². The molecule has 1 aliphatic rings. The van der Waals surface area contributed by atoms with Crippen molar-refractivity contribution in [3.8, 4) is 12.3 Å². The molecule has 0 aromatic rings. The number of nitrogens with one attached hydrogen (secondary N) is 2. The predicted octanol–water partition coefficient (Wildman–Crippen LogP) is 6.55. The second kappa shape index (κ2) is 18.3. The van der Waals surface area contributed by atoms with Crippen LogP contribution in [0.2, 0.25) is 0 Å². The summed E-state index contributed by atoms with van der Waals surface area (Å²) in [5.74, 6) is 3.55. The Balaban J connectivity index is 0.00000529. The molecule has 34 heavy (non-hydrogen) atoms. The number of carbonyl (C=O) groups excluding carboxylic acids is 1. The summed E-state index contributed by atoms with van der Waals surface area (Å²) in [7, 11) is 1.77. The zero-order valence-electron chi connectivity index (χ0n) is 23.4. The summed E-state index contributed by atoms with van der Waals surface area (Å²) >= 11 is 0. The van der Waals surface area contributed by atoms with E-state index in [4.69, 9.17) is 6.42 Å². The molecule has 1 unspecified atom stereocenters. The highest BCUT2D eigenvalue weighted by molar-refractivity contribution is 6.10. The number of allylic oxidation sites excluding steroid dienone is 1. The third-order valence-electron chi connectivity index (χ3n) is 6.18. The molecule has 5 heteroatoms. The molecule has 1 saturated carbocycles. The maximum absolute atomic E-state index is 13.0.